The molecule has 4 heteroatoms. The molecule has 1 aromatic rings. The van der Waals surface area contributed by atoms with E-state index >= 15 is 0 Å². The summed E-state index contributed by atoms with van der Waals surface area (Å²) in [6, 6.07) is 0. The van der Waals surface area contributed by atoms with E-state index < -0.39 is 0 Å². The van der Waals surface area contributed by atoms with Gasteiger partial charge in [-0.2, -0.15) is 0 Å². The average molecular weight is 168 g/mol. The molecule has 0 aliphatic heterocycles. The second kappa shape index (κ2) is 6.02. The number of nitrogens with zero attached hydrogens (tertiary/aromatic N) is 1. The molecule has 0 amide bonds. The first-order valence-electron chi connectivity index (χ1n) is 1.43. The Labute approximate surface area is 58.6 Å². The minimum absolute atomic E-state index is 0. The Morgan fingerprint density at radius 2 is 2.14 bits per heavy atom. The van der Waals surface area contributed by atoms with Crippen LogP contribution in [0.5, 0.6) is 0 Å². The van der Waals surface area contributed by atoms with Gasteiger partial charge in [-0.15, -0.1) is 12.4 Å². The van der Waals surface area contributed by atoms with Crippen LogP contribution in [-0.2, 0) is 17.1 Å². The zero-order valence-corrected chi connectivity index (χ0v) is 5.15. The predicted octanol–water partition coefficient (Wildman–Crippen LogP) is 0.829. The van der Waals surface area contributed by atoms with Gasteiger partial charge in [0.1, 0.15) is 0 Å². The summed E-state index contributed by atoms with van der Waals surface area (Å²) in [5.74, 6) is 0. The summed E-state index contributed by atoms with van der Waals surface area (Å²) in [6.45, 7) is 0. The van der Waals surface area contributed by atoms with E-state index in [1.54, 1.807) is 18.7 Å². The van der Waals surface area contributed by atoms with Gasteiger partial charge in [-0.25, -0.2) is 4.98 Å². The predicted molar refractivity (Wildman–Crippen MR) is 25.8 cm³/mol. The summed E-state index contributed by atoms with van der Waals surface area (Å²) < 4.78 is 0. The SMILES string of the molecule is Cl.[Cu].c1c[nH]cn1. The van der Waals surface area contributed by atoms with E-state index in [4.69, 9.17) is 0 Å². The molecule has 7 heavy (non-hydrogen) atoms. The summed E-state index contributed by atoms with van der Waals surface area (Å²) in [7, 11) is 0. The van der Waals surface area contributed by atoms with Gasteiger partial charge in [0, 0.05) is 29.5 Å². The Balaban J connectivity index is 0. The maximum Gasteiger partial charge on any atom is 0.0919 e. The molecule has 1 heterocycles. The van der Waals surface area contributed by atoms with Crippen molar-refractivity contribution in [2.75, 3.05) is 0 Å². The Morgan fingerprint density at radius 1 is 1.43 bits per heavy atom. The van der Waals surface area contributed by atoms with Crippen molar-refractivity contribution in [3.8, 4) is 0 Å². The van der Waals surface area contributed by atoms with Crippen molar-refractivity contribution in [3.05, 3.63) is 18.7 Å². The first-order chi connectivity index (χ1) is 2.50. The van der Waals surface area contributed by atoms with Crippen LogP contribution in [0, 0.1) is 0 Å². The quantitative estimate of drug-likeness (QED) is 0.571. The second-order valence-electron chi connectivity index (χ2n) is 0.761. The number of imidazole rings is 1. The molecule has 0 aliphatic rings. The number of hydrogen-bond donors (Lipinski definition) is 1. The standard InChI is InChI=1S/C3H4N2.ClH.Cu/c1-2-5-3-4-1;;/h1-3H,(H,4,5);1H;. The first kappa shape index (κ1) is 10.1. The molecule has 1 rings (SSSR count). The van der Waals surface area contributed by atoms with Crippen LogP contribution < -0.4 is 0 Å². The maximum atomic E-state index is 3.67. The van der Waals surface area contributed by atoms with E-state index in [9.17, 15) is 0 Å². The molecule has 0 fully saturated rings. The molecule has 0 saturated carbocycles. The van der Waals surface area contributed by atoms with E-state index in [0.29, 0.717) is 0 Å². The van der Waals surface area contributed by atoms with Crippen LogP contribution in [0.1, 0.15) is 0 Å². The van der Waals surface area contributed by atoms with Gasteiger partial charge in [0.2, 0.25) is 0 Å². The summed E-state index contributed by atoms with van der Waals surface area (Å²) in [5.41, 5.74) is 0. The number of H-pyrrole nitrogens is 1. The molecule has 0 saturated heterocycles. The number of aromatic nitrogens is 2. The van der Waals surface area contributed by atoms with E-state index in [2.05, 4.69) is 9.97 Å². The van der Waals surface area contributed by atoms with Crippen LogP contribution in [0.25, 0.3) is 0 Å². The van der Waals surface area contributed by atoms with E-state index in [1.807, 2.05) is 0 Å². The zero-order chi connectivity index (χ0) is 3.54. The third-order valence-electron chi connectivity index (χ3n) is 0.406. The van der Waals surface area contributed by atoms with Crippen LogP contribution in [0.15, 0.2) is 18.7 Å². The molecule has 0 aromatic carbocycles. The van der Waals surface area contributed by atoms with Gasteiger partial charge in [0.25, 0.3) is 0 Å². The van der Waals surface area contributed by atoms with Gasteiger partial charge in [-0.3, -0.25) is 0 Å². The fourth-order valence-corrected chi connectivity index (χ4v) is 0.215. The second-order valence-corrected chi connectivity index (χ2v) is 0.761. The van der Waals surface area contributed by atoms with Crippen LogP contribution in [-0.4, -0.2) is 9.97 Å². The molecule has 0 unspecified atom stereocenters. The fraction of sp³-hybridized carbons (Fsp3) is 0. The third kappa shape index (κ3) is 3.86. The molecule has 1 N–H and O–H groups in total. The van der Waals surface area contributed by atoms with Crippen molar-refractivity contribution in [2.45, 2.75) is 0 Å². The van der Waals surface area contributed by atoms with Gasteiger partial charge in [-0.1, -0.05) is 0 Å². The van der Waals surface area contributed by atoms with Crippen molar-refractivity contribution < 1.29 is 17.1 Å². The van der Waals surface area contributed by atoms with Gasteiger partial charge in [0.15, 0.2) is 0 Å². The van der Waals surface area contributed by atoms with Crippen molar-refractivity contribution in [2.24, 2.45) is 0 Å². The minimum Gasteiger partial charge on any atom is -0.351 e. The Bertz CT molecular complexity index is 69.4. The first-order valence-corrected chi connectivity index (χ1v) is 1.43. The van der Waals surface area contributed by atoms with Gasteiger partial charge >= 0.3 is 0 Å². The van der Waals surface area contributed by atoms with E-state index in [1.165, 1.54) is 0 Å². The van der Waals surface area contributed by atoms with Gasteiger partial charge < -0.3 is 4.98 Å². The minimum atomic E-state index is 0. The summed E-state index contributed by atoms with van der Waals surface area (Å²) in [4.78, 5) is 6.42. The van der Waals surface area contributed by atoms with Crippen LogP contribution >= 0.6 is 12.4 Å². The van der Waals surface area contributed by atoms with Crippen LogP contribution in [0.2, 0.25) is 0 Å². The molecular weight excluding hydrogens is 163 g/mol. The Hall–Kier alpha value is 0.0195. The van der Waals surface area contributed by atoms with E-state index in [-0.39, 0.29) is 29.5 Å². The maximum absolute atomic E-state index is 3.67. The van der Waals surface area contributed by atoms with Crippen molar-refractivity contribution in [1.82, 2.24) is 9.97 Å². The molecule has 1 radical (unpaired) electrons. The number of hydrogen-bond acceptors (Lipinski definition) is 1. The van der Waals surface area contributed by atoms with Crippen LogP contribution in [0.3, 0.4) is 0 Å². The smallest absolute Gasteiger partial charge is 0.0919 e. The number of halogens is 1. The summed E-state index contributed by atoms with van der Waals surface area (Å²) in [5, 5.41) is 0. The molecule has 0 spiro atoms. The Kier molecular flexibility index (Phi) is 8.68. The monoisotopic (exact) mass is 167 g/mol. The Morgan fingerprint density at radius 3 is 2.29 bits per heavy atom. The van der Waals surface area contributed by atoms with Crippen LogP contribution in [0.4, 0.5) is 0 Å². The normalized spacial score (nSPS) is 5.71. The van der Waals surface area contributed by atoms with Gasteiger partial charge in [-0.05, 0) is 0 Å². The van der Waals surface area contributed by atoms with E-state index in [0.717, 1.165) is 0 Å². The number of rotatable bonds is 0. The zero-order valence-electron chi connectivity index (χ0n) is 3.39. The third-order valence-corrected chi connectivity index (χ3v) is 0.406. The van der Waals surface area contributed by atoms with Crippen molar-refractivity contribution >= 4 is 12.4 Å². The molecule has 1 aromatic heterocycles. The number of aromatic amines is 1. The fourth-order valence-electron chi connectivity index (χ4n) is 0.215. The molecule has 0 aliphatic carbocycles. The van der Waals surface area contributed by atoms with Crippen molar-refractivity contribution in [3.63, 3.8) is 0 Å². The largest absolute Gasteiger partial charge is 0.351 e. The molecular formula is C3H5ClCuN2. The molecule has 45 valence electrons. The molecule has 0 bridgehead atoms. The van der Waals surface area contributed by atoms with Gasteiger partial charge in [0.05, 0.1) is 6.33 Å². The summed E-state index contributed by atoms with van der Waals surface area (Å²) in [6.07, 6.45) is 5.08. The topological polar surface area (TPSA) is 28.7 Å². The summed E-state index contributed by atoms with van der Waals surface area (Å²) >= 11 is 0. The molecule has 2 nitrogen and oxygen atoms in total. The number of nitrogens with one attached hydrogen (secondary N) is 1. The van der Waals surface area contributed by atoms with Crippen molar-refractivity contribution in [1.29, 1.82) is 0 Å². The average Bonchev–Trinajstić information content (AvgIpc) is 1.76. The molecule has 0 atom stereocenters.